The van der Waals surface area contributed by atoms with Gasteiger partial charge in [0.15, 0.2) is 5.78 Å². The van der Waals surface area contributed by atoms with Gasteiger partial charge in [0.1, 0.15) is 6.10 Å². The van der Waals surface area contributed by atoms with E-state index in [4.69, 9.17) is 0 Å². The minimum atomic E-state index is -1.23. The first-order valence-electron chi connectivity index (χ1n) is 7.80. The minimum absolute atomic E-state index is 0.322. The fourth-order valence-corrected chi connectivity index (χ4v) is 2.74. The molecule has 0 saturated heterocycles. The van der Waals surface area contributed by atoms with Gasteiger partial charge in [-0.05, 0) is 28.0 Å². The third-order valence-corrected chi connectivity index (χ3v) is 3.98. The van der Waals surface area contributed by atoms with E-state index in [2.05, 4.69) is 6.58 Å². The zero-order chi connectivity index (χ0) is 16.9. The number of ketones is 1. The molecule has 3 aromatic carbocycles. The van der Waals surface area contributed by atoms with Gasteiger partial charge in [0, 0.05) is 5.56 Å². The van der Waals surface area contributed by atoms with Gasteiger partial charge in [0.05, 0.1) is 0 Å². The zero-order valence-corrected chi connectivity index (χ0v) is 13.2. The molecule has 0 aliphatic carbocycles. The monoisotopic (exact) mass is 314 g/mol. The Balaban J connectivity index is 1.97. The van der Waals surface area contributed by atoms with Crippen molar-refractivity contribution in [2.75, 3.05) is 0 Å². The Morgan fingerprint density at radius 2 is 1.54 bits per heavy atom. The van der Waals surface area contributed by atoms with Crippen molar-refractivity contribution in [2.24, 2.45) is 0 Å². The van der Waals surface area contributed by atoms with Gasteiger partial charge >= 0.3 is 0 Å². The molecule has 2 heteroatoms. The van der Waals surface area contributed by atoms with Gasteiger partial charge < -0.3 is 5.11 Å². The first-order valence-corrected chi connectivity index (χ1v) is 7.80. The lowest BCUT2D eigenvalue weighted by atomic mass is 9.93. The highest BCUT2D eigenvalue weighted by atomic mass is 16.3. The highest BCUT2D eigenvalue weighted by molar-refractivity contribution is 6.08. The lowest BCUT2D eigenvalue weighted by Crippen LogP contribution is -2.22. The topological polar surface area (TPSA) is 37.3 Å². The number of carbonyl (C=O) groups excluding carboxylic acids is 1. The standard InChI is InChI=1S/C22H18O2/c1-2-8-20(17-10-4-3-5-11-17)22(24)21(23)19-14-13-16-9-6-7-12-18(16)15-19/h2-15,22,24H,1H2/b20-8+. The largest absolute Gasteiger partial charge is 0.380 e. The lowest BCUT2D eigenvalue weighted by molar-refractivity contribution is 0.0833. The van der Waals surface area contributed by atoms with E-state index < -0.39 is 6.10 Å². The minimum Gasteiger partial charge on any atom is -0.380 e. The molecule has 0 aliphatic rings. The van der Waals surface area contributed by atoms with Crippen LogP contribution in [-0.4, -0.2) is 17.0 Å². The molecule has 0 radical (unpaired) electrons. The van der Waals surface area contributed by atoms with Gasteiger partial charge in [0.25, 0.3) is 0 Å². The summed E-state index contributed by atoms with van der Waals surface area (Å²) in [6.45, 7) is 3.68. The van der Waals surface area contributed by atoms with Crippen LogP contribution in [0.1, 0.15) is 15.9 Å². The summed E-state index contributed by atoms with van der Waals surface area (Å²) in [7, 11) is 0. The van der Waals surface area contributed by atoms with Crippen molar-refractivity contribution in [2.45, 2.75) is 6.10 Å². The van der Waals surface area contributed by atoms with E-state index in [1.165, 1.54) is 0 Å². The summed E-state index contributed by atoms with van der Waals surface area (Å²) in [6.07, 6.45) is 2.03. The Bertz CT molecular complexity index is 907. The van der Waals surface area contributed by atoms with E-state index >= 15 is 0 Å². The van der Waals surface area contributed by atoms with Crippen LogP contribution in [0.3, 0.4) is 0 Å². The van der Waals surface area contributed by atoms with Gasteiger partial charge in [-0.2, -0.15) is 0 Å². The zero-order valence-electron chi connectivity index (χ0n) is 13.2. The number of carbonyl (C=O) groups is 1. The molecule has 1 N–H and O–H groups in total. The maximum Gasteiger partial charge on any atom is 0.195 e. The molecule has 0 heterocycles. The number of hydrogen-bond donors (Lipinski definition) is 1. The van der Waals surface area contributed by atoms with Crippen LogP contribution in [0.25, 0.3) is 16.3 Å². The summed E-state index contributed by atoms with van der Waals surface area (Å²) in [6, 6.07) is 22.7. The molecule has 3 rings (SSSR count). The van der Waals surface area contributed by atoms with Crippen LogP contribution in [0.2, 0.25) is 0 Å². The molecule has 0 saturated carbocycles. The molecule has 0 aromatic heterocycles. The van der Waals surface area contributed by atoms with Crippen LogP contribution < -0.4 is 0 Å². The maximum atomic E-state index is 12.8. The highest BCUT2D eigenvalue weighted by Crippen LogP contribution is 2.23. The van der Waals surface area contributed by atoms with Crippen molar-refractivity contribution in [3.8, 4) is 0 Å². The Kier molecular flexibility index (Phi) is 4.69. The van der Waals surface area contributed by atoms with Crippen molar-refractivity contribution in [3.63, 3.8) is 0 Å². The molecule has 1 unspecified atom stereocenters. The Labute approximate surface area is 141 Å². The third kappa shape index (κ3) is 3.19. The van der Waals surface area contributed by atoms with E-state index in [0.29, 0.717) is 11.1 Å². The van der Waals surface area contributed by atoms with Crippen molar-refractivity contribution in [1.82, 2.24) is 0 Å². The smallest absolute Gasteiger partial charge is 0.195 e. The average Bonchev–Trinajstić information content (AvgIpc) is 2.65. The number of aliphatic hydroxyl groups excluding tert-OH is 1. The molecule has 24 heavy (non-hydrogen) atoms. The van der Waals surface area contributed by atoms with E-state index in [9.17, 15) is 9.90 Å². The van der Waals surface area contributed by atoms with E-state index in [1.54, 1.807) is 18.2 Å². The van der Waals surface area contributed by atoms with Gasteiger partial charge in [-0.25, -0.2) is 0 Å². The Morgan fingerprint density at radius 3 is 2.25 bits per heavy atom. The molecule has 3 aromatic rings. The summed E-state index contributed by atoms with van der Waals surface area (Å²) in [5.74, 6) is -0.322. The second-order valence-electron chi connectivity index (χ2n) is 5.55. The van der Waals surface area contributed by atoms with E-state index in [-0.39, 0.29) is 5.78 Å². The van der Waals surface area contributed by atoms with Crippen LogP contribution in [-0.2, 0) is 0 Å². The summed E-state index contributed by atoms with van der Waals surface area (Å²) in [4.78, 5) is 12.8. The molecule has 0 fully saturated rings. The summed E-state index contributed by atoms with van der Waals surface area (Å²) >= 11 is 0. The second kappa shape index (κ2) is 7.07. The van der Waals surface area contributed by atoms with Crippen LogP contribution in [0.5, 0.6) is 0 Å². The van der Waals surface area contributed by atoms with Gasteiger partial charge in [-0.1, -0.05) is 85.5 Å². The van der Waals surface area contributed by atoms with Crippen molar-refractivity contribution < 1.29 is 9.90 Å². The third-order valence-electron chi connectivity index (χ3n) is 3.98. The van der Waals surface area contributed by atoms with Gasteiger partial charge in [-0.3, -0.25) is 4.79 Å². The number of hydrogen-bond acceptors (Lipinski definition) is 2. The number of fused-ring (bicyclic) bond motifs is 1. The Morgan fingerprint density at radius 1 is 0.875 bits per heavy atom. The fraction of sp³-hybridized carbons (Fsp3) is 0.0455. The molecular weight excluding hydrogens is 296 g/mol. The normalized spacial score (nSPS) is 12.8. The molecule has 0 aliphatic heterocycles. The number of benzene rings is 3. The quantitative estimate of drug-likeness (QED) is 0.549. The molecule has 0 spiro atoms. The summed E-state index contributed by atoms with van der Waals surface area (Å²) < 4.78 is 0. The second-order valence-corrected chi connectivity index (χ2v) is 5.55. The lowest BCUT2D eigenvalue weighted by Gasteiger charge is -2.15. The number of rotatable bonds is 5. The first-order chi connectivity index (χ1) is 11.7. The Hall–Kier alpha value is -2.97. The van der Waals surface area contributed by atoms with Crippen molar-refractivity contribution in [1.29, 1.82) is 0 Å². The van der Waals surface area contributed by atoms with Gasteiger partial charge in [-0.15, -0.1) is 0 Å². The molecular formula is C22H18O2. The van der Waals surface area contributed by atoms with Crippen LogP contribution >= 0.6 is 0 Å². The van der Waals surface area contributed by atoms with Crippen LogP contribution in [0.4, 0.5) is 0 Å². The summed E-state index contributed by atoms with van der Waals surface area (Å²) in [5.41, 5.74) is 1.84. The number of aliphatic hydroxyl groups is 1. The first kappa shape index (κ1) is 15.9. The fourth-order valence-electron chi connectivity index (χ4n) is 2.74. The number of allylic oxidation sites excluding steroid dienone is 2. The molecule has 2 nitrogen and oxygen atoms in total. The maximum absolute atomic E-state index is 12.8. The molecule has 1 atom stereocenters. The van der Waals surface area contributed by atoms with Crippen LogP contribution in [0.15, 0.2) is 91.5 Å². The molecule has 118 valence electrons. The van der Waals surface area contributed by atoms with Crippen molar-refractivity contribution >= 4 is 22.1 Å². The highest BCUT2D eigenvalue weighted by Gasteiger charge is 2.22. The van der Waals surface area contributed by atoms with E-state index in [1.807, 2.05) is 66.7 Å². The number of Topliss-reactive ketones (excluding diaryl/α,β-unsaturated/α-hetero) is 1. The predicted octanol–water partition coefficient (Wildman–Crippen LogP) is 4.65. The van der Waals surface area contributed by atoms with E-state index in [0.717, 1.165) is 16.3 Å². The van der Waals surface area contributed by atoms with Crippen LogP contribution in [0, 0.1) is 0 Å². The van der Waals surface area contributed by atoms with Gasteiger partial charge in [0.2, 0.25) is 0 Å². The average molecular weight is 314 g/mol. The molecule has 0 amide bonds. The summed E-state index contributed by atoms with van der Waals surface area (Å²) in [5, 5.41) is 12.7. The van der Waals surface area contributed by atoms with Crippen molar-refractivity contribution in [3.05, 3.63) is 103 Å². The predicted molar refractivity (Wildman–Crippen MR) is 98.9 cm³/mol. The SMILES string of the molecule is C=C/C=C(\c1ccccc1)C(O)C(=O)c1ccc2ccccc2c1. The molecule has 0 bridgehead atoms.